The van der Waals surface area contributed by atoms with E-state index in [-0.39, 0.29) is 0 Å². The predicted molar refractivity (Wildman–Crippen MR) is 229 cm³/mol. The summed E-state index contributed by atoms with van der Waals surface area (Å²) in [4.78, 5) is 0. The summed E-state index contributed by atoms with van der Waals surface area (Å²) in [7, 11) is 0. The van der Waals surface area contributed by atoms with Crippen LogP contribution >= 0.6 is 0 Å². The molecule has 0 radical (unpaired) electrons. The second-order valence-electron chi connectivity index (χ2n) is 14.2. The van der Waals surface area contributed by atoms with Crippen molar-refractivity contribution in [3.05, 3.63) is 206 Å². The van der Waals surface area contributed by atoms with Crippen LogP contribution in [0, 0.1) is 0 Å². The maximum Gasteiger partial charge on any atom is 0.0541 e. The Morgan fingerprint density at radius 3 is 1.37 bits per heavy atom. The van der Waals surface area contributed by atoms with Crippen LogP contribution in [0.25, 0.3) is 99.1 Å². The maximum absolute atomic E-state index is 2.42. The summed E-state index contributed by atoms with van der Waals surface area (Å²) in [5.74, 6) is 0. The third-order valence-electron chi connectivity index (χ3n) is 11.1. The van der Waals surface area contributed by atoms with Crippen LogP contribution in [0.5, 0.6) is 0 Å². The molecule has 0 unspecified atom stereocenters. The van der Waals surface area contributed by atoms with E-state index in [1.807, 2.05) is 0 Å². The zero-order valence-corrected chi connectivity index (χ0v) is 29.5. The average Bonchev–Trinajstić information content (AvgIpc) is 3.76. The van der Waals surface area contributed by atoms with Gasteiger partial charge in [0.25, 0.3) is 0 Å². The topological polar surface area (TPSA) is 9.86 Å². The number of para-hydroxylation sites is 2. The molecule has 54 heavy (non-hydrogen) atoms. The van der Waals surface area contributed by atoms with E-state index in [0.717, 1.165) is 11.4 Å². The van der Waals surface area contributed by atoms with Crippen LogP contribution in [0.2, 0.25) is 0 Å². The second kappa shape index (κ2) is 12.2. The molecule has 11 aromatic rings. The van der Waals surface area contributed by atoms with Gasteiger partial charge in [-0.05, 0) is 111 Å². The number of benzene rings is 9. The van der Waals surface area contributed by atoms with E-state index in [1.165, 1.54) is 87.8 Å². The Hall–Kier alpha value is -7.16. The summed E-state index contributed by atoms with van der Waals surface area (Å²) in [5.41, 5.74) is 14.4. The highest BCUT2D eigenvalue weighted by atomic mass is 15.0. The molecule has 0 fully saturated rings. The molecule has 2 heterocycles. The van der Waals surface area contributed by atoms with Gasteiger partial charge in [-0.1, -0.05) is 140 Å². The highest BCUT2D eigenvalue weighted by molar-refractivity contribution is 6.12. The number of hydrogen-bond acceptors (Lipinski definition) is 0. The van der Waals surface area contributed by atoms with E-state index in [2.05, 4.69) is 215 Å². The number of aromatic nitrogens is 2. The summed E-state index contributed by atoms with van der Waals surface area (Å²) in [6, 6.07) is 75.2. The van der Waals surface area contributed by atoms with Crippen molar-refractivity contribution in [3.8, 4) is 44.8 Å². The Morgan fingerprint density at radius 1 is 0.222 bits per heavy atom. The molecule has 252 valence electrons. The minimum Gasteiger partial charge on any atom is -0.309 e. The van der Waals surface area contributed by atoms with Crippen LogP contribution < -0.4 is 0 Å². The van der Waals surface area contributed by atoms with Crippen molar-refractivity contribution in [3.63, 3.8) is 0 Å². The third-order valence-corrected chi connectivity index (χ3v) is 11.1. The fraction of sp³-hybridized carbons (Fsp3) is 0. The van der Waals surface area contributed by atoms with Crippen molar-refractivity contribution in [1.82, 2.24) is 9.13 Å². The zero-order chi connectivity index (χ0) is 35.6. The molecule has 2 aromatic heterocycles. The summed E-state index contributed by atoms with van der Waals surface area (Å²) in [6.45, 7) is 0. The lowest BCUT2D eigenvalue weighted by Crippen LogP contribution is -1.94. The fourth-order valence-electron chi connectivity index (χ4n) is 8.49. The van der Waals surface area contributed by atoms with Gasteiger partial charge in [0.1, 0.15) is 0 Å². The normalized spacial score (nSPS) is 11.7. The summed E-state index contributed by atoms with van der Waals surface area (Å²) >= 11 is 0. The van der Waals surface area contributed by atoms with E-state index in [9.17, 15) is 0 Å². The van der Waals surface area contributed by atoms with Crippen molar-refractivity contribution in [1.29, 1.82) is 0 Å². The Labute approximate surface area is 313 Å². The fourth-order valence-corrected chi connectivity index (χ4v) is 8.49. The van der Waals surface area contributed by atoms with Gasteiger partial charge in [0, 0.05) is 32.9 Å². The lowest BCUT2D eigenvalue weighted by Gasteiger charge is -2.11. The average molecular weight is 687 g/mol. The lowest BCUT2D eigenvalue weighted by atomic mass is 10.0. The molecule has 0 aliphatic carbocycles. The third kappa shape index (κ3) is 4.88. The molecule has 11 rings (SSSR count). The molecule has 0 N–H and O–H groups in total. The van der Waals surface area contributed by atoms with Gasteiger partial charge in [0.15, 0.2) is 0 Å². The molecule has 0 saturated carbocycles. The van der Waals surface area contributed by atoms with Crippen molar-refractivity contribution < 1.29 is 0 Å². The van der Waals surface area contributed by atoms with E-state index in [0.29, 0.717) is 0 Å². The van der Waals surface area contributed by atoms with Crippen LogP contribution in [0.15, 0.2) is 206 Å². The van der Waals surface area contributed by atoms with Gasteiger partial charge in [-0.15, -0.1) is 0 Å². The standard InChI is InChI=1S/C52H34N2/c1-2-11-35(12-3-1)37-23-27-43(28-24-37)53-49-19-8-6-17-45(49)47-33-41(25-29-51(47)53)42-26-30-52-48(34-42)46-18-7-9-20-50(46)54(52)44-16-10-15-39(32-44)40-22-21-36-13-4-5-14-38(36)31-40/h1-34H. The van der Waals surface area contributed by atoms with Crippen LogP contribution in [-0.2, 0) is 0 Å². The first kappa shape index (κ1) is 30.5. The Bertz CT molecular complexity index is 3200. The molecule has 9 aromatic carbocycles. The van der Waals surface area contributed by atoms with Gasteiger partial charge in [-0.3, -0.25) is 0 Å². The molecule has 2 nitrogen and oxygen atoms in total. The molecule has 0 spiro atoms. The molecule has 0 atom stereocenters. The van der Waals surface area contributed by atoms with Crippen LogP contribution in [-0.4, -0.2) is 9.13 Å². The van der Waals surface area contributed by atoms with E-state index >= 15 is 0 Å². The van der Waals surface area contributed by atoms with Gasteiger partial charge < -0.3 is 9.13 Å². The minimum atomic E-state index is 1.16. The number of rotatable bonds is 5. The predicted octanol–water partition coefficient (Wildman–Crippen LogP) is 14.0. The molecular formula is C52H34N2. The van der Waals surface area contributed by atoms with Crippen molar-refractivity contribution in [2.45, 2.75) is 0 Å². The molecule has 0 bridgehead atoms. The molecule has 0 amide bonds. The Balaban J connectivity index is 1.02. The van der Waals surface area contributed by atoms with Crippen molar-refractivity contribution in [2.75, 3.05) is 0 Å². The van der Waals surface area contributed by atoms with Gasteiger partial charge in [0.2, 0.25) is 0 Å². The Morgan fingerprint density at radius 2 is 0.685 bits per heavy atom. The number of fused-ring (bicyclic) bond motifs is 7. The van der Waals surface area contributed by atoms with Crippen LogP contribution in [0.1, 0.15) is 0 Å². The largest absolute Gasteiger partial charge is 0.309 e. The molecule has 2 heteroatoms. The first-order valence-electron chi connectivity index (χ1n) is 18.6. The van der Waals surface area contributed by atoms with Gasteiger partial charge >= 0.3 is 0 Å². The van der Waals surface area contributed by atoms with E-state index in [1.54, 1.807) is 0 Å². The zero-order valence-electron chi connectivity index (χ0n) is 29.5. The molecule has 0 aliphatic rings. The molecule has 0 aliphatic heterocycles. The smallest absolute Gasteiger partial charge is 0.0541 e. The number of hydrogen-bond donors (Lipinski definition) is 0. The lowest BCUT2D eigenvalue weighted by molar-refractivity contribution is 1.18. The Kier molecular flexibility index (Phi) is 6.90. The minimum absolute atomic E-state index is 1.16. The first-order valence-corrected chi connectivity index (χ1v) is 18.6. The van der Waals surface area contributed by atoms with Crippen molar-refractivity contribution >= 4 is 54.4 Å². The highest BCUT2D eigenvalue weighted by Crippen LogP contribution is 2.39. The SMILES string of the molecule is c1ccc(-c2ccc(-n3c4ccccc4c4cc(-c5ccc6c(c5)c5ccccc5n6-c5cccc(-c6ccc7ccccc7c6)c5)ccc43)cc2)cc1. The summed E-state index contributed by atoms with van der Waals surface area (Å²) in [6.07, 6.45) is 0. The van der Waals surface area contributed by atoms with E-state index in [4.69, 9.17) is 0 Å². The monoisotopic (exact) mass is 686 g/mol. The number of nitrogens with zero attached hydrogens (tertiary/aromatic N) is 2. The first-order chi connectivity index (χ1) is 26.8. The van der Waals surface area contributed by atoms with Gasteiger partial charge in [0.05, 0.1) is 22.1 Å². The highest BCUT2D eigenvalue weighted by Gasteiger charge is 2.16. The summed E-state index contributed by atoms with van der Waals surface area (Å²) in [5, 5.41) is 7.52. The molecule has 0 saturated heterocycles. The van der Waals surface area contributed by atoms with Crippen LogP contribution in [0.4, 0.5) is 0 Å². The van der Waals surface area contributed by atoms with E-state index < -0.39 is 0 Å². The maximum atomic E-state index is 2.42. The van der Waals surface area contributed by atoms with Gasteiger partial charge in [-0.25, -0.2) is 0 Å². The second-order valence-corrected chi connectivity index (χ2v) is 14.2. The molecular weight excluding hydrogens is 653 g/mol. The van der Waals surface area contributed by atoms with Crippen LogP contribution in [0.3, 0.4) is 0 Å². The van der Waals surface area contributed by atoms with Gasteiger partial charge in [-0.2, -0.15) is 0 Å². The quantitative estimate of drug-likeness (QED) is 0.171. The van der Waals surface area contributed by atoms with Crippen molar-refractivity contribution in [2.24, 2.45) is 0 Å². The summed E-state index contributed by atoms with van der Waals surface area (Å²) < 4.78 is 4.81.